The van der Waals surface area contributed by atoms with Gasteiger partial charge in [0.15, 0.2) is 5.34 Å². The van der Waals surface area contributed by atoms with Crippen LogP contribution < -0.4 is 10.6 Å². The number of carbonyl (C=O) groups is 2. The van der Waals surface area contributed by atoms with Crippen molar-refractivity contribution in [3.05, 3.63) is 106 Å². The molecule has 250 valence electrons. The topological polar surface area (TPSA) is 136 Å². The van der Waals surface area contributed by atoms with E-state index in [4.69, 9.17) is 4.84 Å². The lowest BCUT2D eigenvalue weighted by atomic mass is 9.91. The zero-order valence-electron chi connectivity index (χ0n) is 27.4. The number of benzene rings is 2. The van der Waals surface area contributed by atoms with Gasteiger partial charge in [-0.3, -0.25) is 24.4 Å². The first-order valence-corrected chi connectivity index (χ1v) is 16.4. The van der Waals surface area contributed by atoms with Crippen LogP contribution in [0.2, 0.25) is 0 Å². The van der Waals surface area contributed by atoms with Crippen LogP contribution in [0.1, 0.15) is 55.5 Å². The Morgan fingerprint density at radius 3 is 2.51 bits per heavy atom. The van der Waals surface area contributed by atoms with Crippen molar-refractivity contribution in [2.24, 2.45) is 11.3 Å². The van der Waals surface area contributed by atoms with E-state index in [-0.39, 0.29) is 24.8 Å². The SMILES string of the molecule is CC(C)(C)NC(=O)[C@@H]1CN(Cc2cccnc2)CCN1C[C@H](C[C@@H](Cc1ccccc1)C(=O)N[C@H]1c2ccccc2C[C@H]1O)ON=O. The maximum absolute atomic E-state index is 14.0. The van der Waals surface area contributed by atoms with Gasteiger partial charge in [-0.25, -0.2) is 0 Å². The lowest BCUT2D eigenvalue weighted by Crippen LogP contribution is -2.62. The largest absolute Gasteiger partial charge is 0.390 e. The summed E-state index contributed by atoms with van der Waals surface area (Å²) in [6, 6.07) is 20.3. The summed E-state index contributed by atoms with van der Waals surface area (Å²) in [4.78, 5) is 53.1. The first kappa shape index (κ1) is 34.2. The molecule has 11 heteroatoms. The average molecular weight is 643 g/mol. The second kappa shape index (κ2) is 15.6. The number of amides is 2. The fraction of sp³-hybridized carbons (Fsp3) is 0.472. The van der Waals surface area contributed by atoms with E-state index >= 15 is 0 Å². The monoisotopic (exact) mass is 642 g/mol. The summed E-state index contributed by atoms with van der Waals surface area (Å²) in [5.41, 5.74) is 3.51. The van der Waals surface area contributed by atoms with Gasteiger partial charge in [-0.2, -0.15) is 0 Å². The molecule has 1 saturated heterocycles. The average Bonchev–Trinajstić information content (AvgIpc) is 3.36. The van der Waals surface area contributed by atoms with E-state index in [9.17, 15) is 19.6 Å². The molecule has 5 atom stereocenters. The van der Waals surface area contributed by atoms with Crippen molar-refractivity contribution in [2.45, 2.75) is 76.4 Å². The van der Waals surface area contributed by atoms with E-state index < -0.39 is 35.7 Å². The van der Waals surface area contributed by atoms with E-state index in [2.05, 4.69) is 25.9 Å². The number of carbonyl (C=O) groups excluding carboxylic acids is 2. The van der Waals surface area contributed by atoms with Crippen LogP contribution in [0.5, 0.6) is 0 Å². The number of rotatable bonds is 13. The molecule has 1 aliphatic heterocycles. The minimum atomic E-state index is -0.748. The number of aliphatic hydroxyl groups excluding tert-OH is 1. The number of aromatic nitrogens is 1. The maximum atomic E-state index is 14.0. The van der Waals surface area contributed by atoms with E-state index in [1.165, 1.54) is 0 Å². The molecule has 0 bridgehead atoms. The third-order valence-corrected chi connectivity index (χ3v) is 8.88. The van der Waals surface area contributed by atoms with Crippen LogP contribution in [0.3, 0.4) is 0 Å². The van der Waals surface area contributed by atoms with Crippen molar-refractivity contribution in [2.75, 3.05) is 26.2 Å². The summed E-state index contributed by atoms with van der Waals surface area (Å²) in [7, 11) is 0. The number of fused-ring (bicyclic) bond motifs is 1. The van der Waals surface area contributed by atoms with E-state index in [0.717, 1.165) is 22.3 Å². The lowest BCUT2D eigenvalue weighted by Gasteiger charge is -2.42. The molecule has 1 fully saturated rings. The highest BCUT2D eigenvalue weighted by atomic mass is 16.7. The lowest BCUT2D eigenvalue weighted by molar-refractivity contribution is -0.133. The van der Waals surface area contributed by atoms with Crippen LogP contribution >= 0.6 is 0 Å². The highest BCUT2D eigenvalue weighted by Gasteiger charge is 2.38. The molecule has 47 heavy (non-hydrogen) atoms. The van der Waals surface area contributed by atoms with E-state index in [0.29, 0.717) is 39.0 Å². The third kappa shape index (κ3) is 9.43. The Morgan fingerprint density at radius 2 is 1.79 bits per heavy atom. The molecule has 3 aromatic rings. The Labute approximate surface area is 276 Å². The summed E-state index contributed by atoms with van der Waals surface area (Å²) in [6.45, 7) is 8.46. The summed E-state index contributed by atoms with van der Waals surface area (Å²) in [6.07, 6.45) is 3.16. The molecule has 2 amide bonds. The Bertz CT molecular complexity index is 1480. The molecule has 2 aromatic carbocycles. The van der Waals surface area contributed by atoms with Gasteiger partial charge in [0, 0.05) is 69.4 Å². The molecular weight excluding hydrogens is 596 g/mol. The van der Waals surface area contributed by atoms with E-state index in [1.807, 2.05) is 98.6 Å². The van der Waals surface area contributed by atoms with Crippen molar-refractivity contribution in [3.8, 4) is 0 Å². The molecule has 2 heterocycles. The van der Waals surface area contributed by atoms with Crippen molar-refractivity contribution >= 4 is 11.8 Å². The number of nitrogens with one attached hydrogen (secondary N) is 2. The number of hydrogen-bond donors (Lipinski definition) is 3. The van der Waals surface area contributed by atoms with Crippen LogP contribution in [0, 0.1) is 10.8 Å². The zero-order valence-corrected chi connectivity index (χ0v) is 27.4. The molecule has 1 aromatic heterocycles. The van der Waals surface area contributed by atoms with Gasteiger partial charge in [0.2, 0.25) is 11.8 Å². The minimum absolute atomic E-state index is 0.112. The third-order valence-electron chi connectivity index (χ3n) is 8.88. The summed E-state index contributed by atoms with van der Waals surface area (Å²) < 4.78 is 0. The molecule has 0 radical (unpaired) electrons. The molecule has 0 saturated carbocycles. The second-order valence-corrected chi connectivity index (χ2v) is 13.7. The Balaban J connectivity index is 1.34. The first-order chi connectivity index (χ1) is 22.6. The second-order valence-electron chi connectivity index (χ2n) is 13.7. The van der Waals surface area contributed by atoms with Crippen LogP contribution in [-0.2, 0) is 33.8 Å². The van der Waals surface area contributed by atoms with Gasteiger partial charge in [-0.05, 0) is 55.5 Å². The summed E-state index contributed by atoms with van der Waals surface area (Å²) in [5.74, 6) is -0.936. The Kier molecular flexibility index (Phi) is 11.3. The fourth-order valence-electron chi connectivity index (χ4n) is 6.68. The number of aliphatic hydroxyl groups is 1. The molecule has 3 N–H and O–H groups in total. The van der Waals surface area contributed by atoms with Crippen LogP contribution in [0.15, 0.2) is 84.5 Å². The normalized spacial score (nSPS) is 21.3. The Morgan fingerprint density at radius 1 is 1.04 bits per heavy atom. The number of hydrogen-bond acceptors (Lipinski definition) is 9. The van der Waals surface area contributed by atoms with Gasteiger partial charge in [-0.1, -0.05) is 60.7 Å². The quantitative estimate of drug-likeness (QED) is 0.190. The smallest absolute Gasteiger partial charge is 0.239 e. The van der Waals surface area contributed by atoms with Crippen LogP contribution in [-0.4, -0.2) is 81.7 Å². The van der Waals surface area contributed by atoms with Gasteiger partial charge in [-0.15, -0.1) is 4.91 Å². The molecule has 11 nitrogen and oxygen atoms in total. The van der Waals surface area contributed by atoms with Gasteiger partial charge < -0.3 is 20.6 Å². The minimum Gasteiger partial charge on any atom is -0.390 e. The summed E-state index contributed by atoms with van der Waals surface area (Å²) >= 11 is 0. The highest BCUT2D eigenvalue weighted by molar-refractivity contribution is 5.83. The maximum Gasteiger partial charge on any atom is 0.239 e. The van der Waals surface area contributed by atoms with Crippen molar-refractivity contribution in [1.29, 1.82) is 0 Å². The molecule has 1 aliphatic carbocycles. The van der Waals surface area contributed by atoms with Crippen molar-refractivity contribution < 1.29 is 19.5 Å². The van der Waals surface area contributed by atoms with Gasteiger partial charge >= 0.3 is 0 Å². The summed E-state index contributed by atoms with van der Waals surface area (Å²) in [5, 5.41) is 19.9. The number of pyridine rings is 1. The van der Waals surface area contributed by atoms with Gasteiger partial charge in [0.1, 0.15) is 12.1 Å². The molecule has 0 spiro atoms. The highest BCUT2D eigenvalue weighted by Crippen LogP contribution is 2.32. The fourth-order valence-corrected chi connectivity index (χ4v) is 6.68. The predicted molar refractivity (Wildman–Crippen MR) is 179 cm³/mol. The number of piperazine rings is 1. The molecular formula is C36H46N6O5. The van der Waals surface area contributed by atoms with Crippen molar-refractivity contribution in [3.63, 3.8) is 0 Å². The molecule has 0 unspecified atom stereocenters. The predicted octanol–water partition coefficient (Wildman–Crippen LogP) is 3.57. The Hall–Kier alpha value is -4.19. The standard InChI is InChI=1S/C36H46N6O5/c1-36(2,3)39-35(45)31-24-41(22-26-12-9-15-37-21-26)16-17-42(31)23-29(47-40-46)19-28(18-25-10-5-4-6-11-25)34(44)38-33-30-14-8-7-13-27(30)20-32(33)43/h4-15,21,28-29,31-33,43H,16-20,22-24H2,1-3H3,(H,38,44)(H,39,45)/t28-,29+,31+,32-,33+/m1/s1. The van der Waals surface area contributed by atoms with Gasteiger partial charge in [0.05, 0.1) is 12.1 Å². The van der Waals surface area contributed by atoms with Gasteiger partial charge in [0.25, 0.3) is 0 Å². The zero-order chi connectivity index (χ0) is 33.4. The first-order valence-electron chi connectivity index (χ1n) is 16.4. The molecule has 5 rings (SSSR count). The van der Waals surface area contributed by atoms with E-state index in [1.54, 1.807) is 6.20 Å². The molecule has 2 aliphatic rings. The van der Waals surface area contributed by atoms with Crippen LogP contribution in [0.25, 0.3) is 0 Å². The number of nitrogens with zero attached hydrogens (tertiary/aromatic N) is 4. The van der Waals surface area contributed by atoms with Crippen molar-refractivity contribution in [1.82, 2.24) is 25.4 Å². The van der Waals surface area contributed by atoms with Crippen LogP contribution in [0.4, 0.5) is 0 Å².